The van der Waals surface area contributed by atoms with Gasteiger partial charge in [0.15, 0.2) is 0 Å². The lowest BCUT2D eigenvalue weighted by Crippen LogP contribution is -2.41. The van der Waals surface area contributed by atoms with Crippen LogP contribution in [0.25, 0.3) is 0 Å². The van der Waals surface area contributed by atoms with Crippen LogP contribution in [0.3, 0.4) is 0 Å². The molecule has 1 amide bonds. The Morgan fingerprint density at radius 2 is 2.16 bits per heavy atom. The number of hydrogen-bond donors (Lipinski definition) is 0. The highest BCUT2D eigenvalue weighted by Gasteiger charge is 2.25. The maximum Gasteiger partial charge on any atom is 0.264 e. The summed E-state index contributed by atoms with van der Waals surface area (Å²) in [4.78, 5) is 15.1. The minimum atomic E-state index is 0.169. The van der Waals surface area contributed by atoms with E-state index in [1.165, 1.54) is 11.3 Å². The van der Waals surface area contributed by atoms with Crippen LogP contribution in [0.4, 0.5) is 0 Å². The second-order valence-corrected chi connectivity index (χ2v) is 5.70. The second-order valence-electron chi connectivity index (χ2n) is 4.79. The number of carbonyl (C=O) groups excluding carboxylic acids is 1. The van der Waals surface area contributed by atoms with Crippen molar-refractivity contribution in [1.82, 2.24) is 4.90 Å². The van der Waals surface area contributed by atoms with Crippen LogP contribution in [0.2, 0.25) is 0 Å². The van der Waals surface area contributed by atoms with Gasteiger partial charge in [-0.2, -0.15) is 0 Å². The van der Waals surface area contributed by atoms with E-state index in [1.54, 1.807) is 7.11 Å². The number of ether oxygens (including phenoxy) is 2. The third kappa shape index (κ3) is 3.78. The van der Waals surface area contributed by atoms with Crippen LogP contribution >= 0.6 is 11.3 Å². The number of thiophene rings is 1. The zero-order valence-corrected chi connectivity index (χ0v) is 12.4. The summed E-state index contributed by atoms with van der Waals surface area (Å²) in [5.41, 5.74) is 1.08. The van der Waals surface area contributed by atoms with Crippen LogP contribution in [0.5, 0.6) is 0 Å². The van der Waals surface area contributed by atoms with Crippen molar-refractivity contribution in [2.24, 2.45) is 0 Å². The lowest BCUT2D eigenvalue weighted by atomic mass is 10.1. The van der Waals surface area contributed by atoms with Crippen LogP contribution in [-0.4, -0.2) is 50.3 Å². The first kappa shape index (κ1) is 14.5. The standard InChI is InChI=1S/C14H21NO3S/c1-11-5-10-19-13(11)14(16)15-6-3-12(4-7-15)18-9-8-17-2/h5,10,12H,3-4,6-9H2,1-2H3. The minimum Gasteiger partial charge on any atom is -0.382 e. The second kappa shape index (κ2) is 7.03. The van der Waals surface area contributed by atoms with E-state index in [0.717, 1.165) is 36.4 Å². The first-order valence-electron chi connectivity index (χ1n) is 6.66. The third-order valence-corrected chi connectivity index (χ3v) is 4.43. The quantitative estimate of drug-likeness (QED) is 0.779. The number of piperidine rings is 1. The van der Waals surface area contributed by atoms with Gasteiger partial charge in [0.05, 0.1) is 24.2 Å². The number of carbonyl (C=O) groups is 1. The van der Waals surface area contributed by atoms with Crippen molar-refractivity contribution in [2.45, 2.75) is 25.9 Å². The molecule has 0 unspecified atom stereocenters. The van der Waals surface area contributed by atoms with Gasteiger partial charge in [0, 0.05) is 20.2 Å². The predicted molar refractivity (Wildman–Crippen MR) is 75.8 cm³/mol. The Labute approximate surface area is 118 Å². The summed E-state index contributed by atoms with van der Waals surface area (Å²) in [6.45, 7) is 4.83. The van der Waals surface area contributed by atoms with Crippen LogP contribution in [0.1, 0.15) is 28.1 Å². The number of likely N-dealkylation sites (tertiary alicyclic amines) is 1. The van der Waals surface area contributed by atoms with E-state index in [0.29, 0.717) is 13.2 Å². The summed E-state index contributed by atoms with van der Waals surface area (Å²) in [6, 6.07) is 2.00. The zero-order valence-electron chi connectivity index (χ0n) is 11.6. The lowest BCUT2D eigenvalue weighted by Gasteiger charge is -2.31. The van der Waals surface area contributed by atoms with Gasteiger partial charge in [-0.25, -0.2) is 0 Å². The molecule has 2 rings (SSSR count). The summed E-state index contributed by atoms with van der Waals surface area (Å²) in [7, 11) is 1.67. The molecule has 0 bridgehead atoms. The van der Waals surface area contributed by atoms with Crippen LogP contribution < -0.4 is 0 Å². The van der Waals surface area contributed by atoms with Crippen molar-refractivity contribution < 1.29 is 14.3 Å². The summed E-state index contributed by atoms with van der Waals surface area (Å²) in [6.07, 6.45) is 2.10. The molecule has 0 radical (unpaired) electrons. The van der Waals surface area contributed by atoms with E-state index in [2.05, 4.69) is 0 Å². The molecule has 1 aliphatic rings. The molecule has 1 aliphatic heterocycles. The average Bonchev–Trinajstić information content (AvgIpc) is 2.85. The fourth-order valence-corrected chi connectivity index (χ4v) is 3.15. The Hall–Kier alpha value is -0.910. The largest absolute Gasteiger partial charge is 0.382 e. The number of methoxy groups -OCH3 is 1. The van der Waals surface area contributed by atoms with Crippen molar-refractivity contribution in [2.75, 3.05) is 33.4 Å². The summed E-state index contributed by atoms with van der Waals surface area (Å²) in [5.74, 6) is 0.169. The number of hydrogen-bond acceptors (Lipinski definition) is 4. The fourth-order valence-electron chi connectivity index (χ4n) is 2.26. The molecule has 0 aromatic carbocycles. The van der Waals surface area contributed by atoms with Gasteiger partial charge in [0.1, 0.15) is 0 Å². The zero-order chi connectivity index (χ0) is 13.7. The Kier molecular flexibility index (Phi) is 5.36. The monoisotopic (exact) mass is 283 g/mol. The highest BCUT2D eigenvalue weighted by atomic mass is 32.1. The lowest BCUT2D eigenvalue weighted by molar-refractivity contribution is -0.0122. The topological polar surface area (TPSA) is 38.8 Å². The molecule has 0 atom stereocenters. The van der Waals surface area contributed by atoms with E-state index in [1.807, 2.05) is 23.3 Å². The molecular formula is C14H21NO3S. The van der Waals surface area contributed by atoms with Crippen molar-refractivity contribution in [3.8, 4) is 0 Å². The van der Waals surface area contributed by atoms with E-state index in [4.69, 9.17) is 9.47 Å². The molecule has 1 fully saturated rings. The van der Waals surface area contributed by atoms with Gasteiger partial charge in [-0.3, -0.25) is 4.79 Å². The highest BCUT2D eigenvalue weighted by Crippen LogP contribution is 2.21. The molecule has 0 spiro atoms. The van der Waals surface area contributed by atoms with Crippen molar-refractivity contribution in [1.29, 1.82) is 0 Å². The molecule has 19 heavy (non-hydrogen) atoms. The molecule has 1 saturated heterocycles. The number of amides is 1. The predicted octanol–water partition coefficient (Wildman–Crippen LogP) is 2.32. The molecule has 0 saturated carbocycles. The number of aryl methyl sites for hydroxylation is 1. The third-order valence-electron chi connectivity index (χ3n) is 3.43. The first-order chi connectivity index (χ1) is 9.22. The summed E-state index contributed by atoms with van der Waals surface area (Å²) in [5, 5.41) is 1.98. The number of nitrogens with zero attached hydrogens (tertiary/aromatic N) is 1. The van der Waals surface area contributed by atoms with E-state index in [9.17, 15) is 4.79 Å². The van der Waals surface area contributed by atoms with E-state index < -0.39 is 0 Å². The van der Waals surface area contributed by atoms with Crippen molar-refractivity contribution in [3.05, 3.63) is 21.9 Å². The molecule has 5 heteroatoms. The Balaban J connectivity index is 1.80. The molecule has 106 valence electrons. The highest BCUT2D eigenvalue weighted by molar-refractivity contribution is 7.12. The van der Waals surface area contributed by atoms with Crippen molar-refractivity contribution >= 4 is 17.2 Å². The number of rotatable bonds is 5. The normalized spacial score (nSPS) is 16.8. The van der Waals surface area contributed by atoms with Gasteiger partial charge < -0.3 is 14.4 Å². The molecule has 1 aromatic rings. The molecule has 2 heterocycles. The molecule has 1 aromatic heterocycles. The van der Waals surface area contributed by atoms with Gasteiger partial charge in [-0.15, -0.1) is 11.3 Å². The van der Waals surface area contributed by atoms with Gasteiger partial charge in [0.25, 0.3) is 5.91 Å². The average molecular weight is 283 g/mol. The maximum atomic E-state index is 12.3. The molecular weight excluding hydrogens is 262 g/mol. The van der Waals surface area contributed by atoms with Gasteiger partial charge in [-0.1, -0.05) is 0 Å². The molecule has 4 nitrogen and oxygen atoms in total. The minimum absolute atomic E-state index is 0.169. The van der Waals surface area contributed by atoms with Crippen LogP contribution in [0.15, 0.2) is 11.4 Å². The Morgan fingerprint density at radius 1 is 1.42 bits per heavy atom. The Morgan fingerprint density at radius 3 is 2.74 bits per heavy atom. The van der Waals surface area contributed by atoms with Crippen LogP contribution in [-0.2, 0) is 9.47 Å². The maximum absolute atomic E-state index is 12.3. The Bertz CT molecular complexity index is 411. The molecule has 0 N–H and O–H groups in total. The summed E-state index contributed by atoms with van der Waals surface area (Å²) < 4.78 is 10.7. The molecule has 0 aliphatic carbocycles. The van der Waals surface area contributed by atoms with E-state index >= 15 is 0 Å². The van der Waals surface area contributed by atoms with Gasteiger partial charge >= 0.3 is 0 Å². The van der Waals surface area contributed by atoms with Gasteiger partial charge in [0.2, 0.25) is 0 Å². The fraction of sp³-hybridized carbons (Fsp3) is 0.643. The SMILES string of the molecule is COCCOC1CCN(C(=O)c2sccc2C)CC1. The van der Waals surface area contributed by atoms with E-state index in [-0.39, 0.29) is 12.0 Å². The van der Waals surface area contributed by atoms with Gasteiger partial charge in [-0.05, 0) is 36.8 Å². The first-order valence-corrected chi connectivity index (χ1v) is 7.54. The van der Waals surface area contributed by atoms with Crippen molar-refractivity contribution in [3.63, 3.8) is 0 Å². The smallest absolute Gasteiger partial charge is 0.264 e. The summed E-state index contributed by atoms with van der Waals surface area (Å²) >= 11 is 1.53. The van der Waals surface area contributed by atoms with Crippen LogP contribution in [0, 0.1) is 6.92 Å².